The monoisotopic (exact) mass is 471 g/mol. The number of nitrogens with zero attached hydrogens (tertiary/aromatic N) is 2. The van der Waals surface area contributed by atoms with Crippen molar-refractivity contribution < 1.29 is 19.8 Å². The van der Waals surface area contributed by atoms with Crippen molar-refractivity contribution in [3.8, 4) is 0 Å². The molecule has 34 heavy (non-hydrogen) atoms. The quantitative estimate of drug-likeness (QED) is 0.458. The molecule has 0 saturated heterocycles. The summed E-state index contributed by atoms with van der Waals surface area (Å²) in [6.45, 7) is 8.48. The van der Waals surface area contributed by atoms with Crippen molar-refractivity contribution in [3.05, 3.63) is 29.8 Å². The molecule has 1 fully saturated rings. The van der Waals surface area contributed by atoms with E-state index < -0.39 is 18.2 Å². The number of aliphatic hydroxyl groups is 2. The zero-order valence-electron chi connectivity index (χ0n) is 21.1. The Morgan fingerprint density at radius 3 is 2.56 bits per heavy atom. The summed E-state index contributed by atoms with van der Waals surface area (Å²) in [6, 6.07) is 7.64. The Kier molecular flexibility index (Phi) is 8.88. The van der Waals surface area contributed by atoms with Crippen LogP contribution < -0.4 is 10.2 Å². The van der Waals surface area contributed by atoms with Crippen molar-refractivity contribution in [1.29, 1.82) is 0 Å². The van der Waals surface area contributed by atoms with Gasteiger partial charge in [0.25, 0.3) is 5.91 Å². The molecular weight excluding hydrogens is 430 g/mol. The number of nitrogens with one attached hydrogen (secondary N) is 1. The molecule has 0 radical (unpaired) electrons. The standard InChI is InChI=1S/C27H41N3O4/c1-5-6-12-22(32)20(17-18-13-14-18)25(33)29-24-26(34)30(15-9-16-31)21-11-8-7-10-19(21)23(28-24)27(2,3)4/h7-8,10-11,18,20,22,24,31-32H,5-6,9,12-17H2,1-4H3,(H,29,33)/t20-,22+,24+/m1/s1. The van der Waals surface area contributed by atoms with E-state index in [2.05, 4.69) is 12.2 Å². The molecule has 1 aromatic rings. The topological polar surface area (TPSA) is 102 Å². The van der Waals surface area contributed by atoms with Crippen LogP contribution in [0.2, 0.25) is 0 Å². The minimum Gasteiger partial charge on any atom is -0.396 e. The molecule has 0 aromatic heterocycles. The van der Waals surface area contributed by atoms with Crippen LogP contribution >= 0.6 is 0 Å². The normalized spacial score (nSPS) is 20.3. The SMILES string of the molecule is CCCC[C@H](O)[C@@H](CC1CC1)C(=O)N[C@@H]1N=C(C(C)(C)C)c2ccccc2N(CCCO)C1=O. The molecule has 0 unspecified atom stereocenters. The molecule has 2 amide bonds. The van der Waals surface area contributed by atoms with Gasteiger partial charge in [0.1, 0.15) is 0 Å². The van der Waals surface area contributed by atoms with Gasteiger partial charge in [-0.15, -0.1) is 0 Å². The minimum atomic E-state index is -1.08. The molecular formula is C27H41N3O4. The van der Waals surface area contributed by atoms with Gasteiger partial charge >= 0.3 is 0 Å². The van der Waals surface area contributed by atoms with Crippen molar-refractivity contribution in [2.45, 2.75) is 84.9 Å². The first kappa shape index (κ1) is 26.4. The Hall–Kier alpha value is -2.25. The zero-order chi connectivity index (χ0) is 24.9. The highest BCUT2D eigenvalue weighted by Crippen LogP contribution is 2.37. The predicted molar refractivity (Wildman–Crippen MR) is 135 cm³/mol. The maximum atomic E-state index is 13.7. The number of hydrogen-bond donors (Lipinski definition) is 3. The molecule has 1 saturated carbocycles. The molecule has 3 rings (SSSR count). The van der Waals surface area contributed by atoms with Crippen LogP contribution in [0, 0.1) is 17.3 Å². The van der Waals surface area contributed by atoms with Crippen molar-refractivity contribution in [2.75, 3.05) is 18.1 Å². The Labute approximate surface area is 203 Å². The molecule has 1 heterocycles. The molecule has 0 bridgehead atoms. The molecule has 1 aliphatic carbocycles. The van der Waals surface area contributed by atoms with E-state index in [-0.39, 0.29) is 23.8 Å². The molecule has 2 aliphatic rings. The maximum Gasteiger partial charge on any atom is 0.272 e. The van der Waals surface area contributed by atoms with Gasteiger partial charge in [-0.05, 0) is 31.2 Å². The van der Waals surface area contributed by atoms with Gasteiger partial charge < -0.3 is 20.4 Å². The lowest BCUT2D eigenvalue weighted by atomic mass is 9.84. The van der Waals surface area contributed by atoms with Crippen LogP contribution in [0.1, 0.15) is 78.2 Å². The number of aliphatic hydroxyl groups excluding tert-OH is 2. The van der Waals surface area contributed by atoms with Gasteiger partial charge in [-0.3, -0.25) is 14.6 Å². The van der Waals surface area contributed by atoms with Crippen molar-refractivity contribution in [3.63, 3.8) is 0 Å². The molecule has 3 atom stereocenters. The van der Waals surface area contributed by atoms with Crippen LogP contribution in [0.15, 0.2) is 29.3 Å². The van der Waals surface area contributed by atoms with Gasteiger partial charge in [0.15, 0.2) is 0 Å². The third-order valence-corrected chi connectivity index (χ3v) is 6.68. The number of carbonyl (C=O) groups is 2. The smallest absolute Gasteiger partial charge is 0.272 e. The van der Waals surface area contributed by atoms with Gasteiger partial charge in [0.05, 0.1) is 23.4 Å². The van der Waals surface area contributed by atoms with Gasteiger partial charge in [-0.1, -0.05) is 71.6 Å². The molecule has 3 N–H and O–H groups in total. The highest BCUT2D eigenvalue weighted by Gasteiger charge is 2.39. The van der Waals surface area contributed by atoms with Crippen LogP contribution in [-0.4, -0.2) is 53.2 Å². The Morgan fingerprint density at radius 2 is 1.94 bits per heavy atom. The number of rotatable bonds is 11. The van der Waals surface area contributed by atoms with Gasteiger partial charge in [-0.25, -0.2) is 0 Å². The molecule has 1 aromatic carbocycles. The van der Waals surface area contributed by atoms with Gasteiger partial charge in [0.2, 0.25) is 12.1 Å². The number of para-hydroxylation sites is 1. The number of aliphatic imine (C=N–C) groups is 1. The fraction of sp³-hybridized carbons (Fsp3) is 0.667. The van der Waals surface area contributed by atoms with Crippen LogP contribution in [0.4, 0.5) is 5.69 Å². The third kappa shape index (κ3) is 6.45. The second-order valence-electron chi connectivity index (χ2n) is 10.7. The summed E-state index contributed by atoms with van der Waals surface area (Å²) in [4.78, 5) is 33.6. The molecule has 188 valence electrons. The van der Waals surface area contributed by atoms with E-state index in [4.69, 9.17) is 4.99 Å². The number of hydrogen-bond acceptors (Lipinski definition) is 5. The molecule has 7 nitrogen and oxygen atoms in total. The lowest BCUT2D eigenvalue weighted by molar-refractivity contribution is -0.133. The van der Waals surface area contributed by atoms with Gasteiger partial charge in [0, 0.05) is 24.1 Å². The summed E-state index contributed by atoms with van der Waals surface area (Å²) >= 11 is 0. The van der Waals surface area contributed by atoms with Crippen LogP contribution in [-0.2, 0) is 9.59 Å². The fourth-order valence-corrected chi connectivity index (χ4v) is 4.59. The molecule has 7 heteroatoms. The summed E-state index contributed by atoms with van der Waals surface area (Å²) in [5, 5.41) is 23.1. The van der Waals surface area contributed by atoms with E-state index in [0.29, 0.717) is 31.7 Å². The van der Waals surface area contributed by atoms with Crippen LogP contribution in [0.5, 0.6) is 0 Å². The Morgan fingerprint density at radius 1 is 1.24 bits per heavy atom. The zero-order valence-corrected chi connectivity index (χ0v) is 21.1. The van der Waals surface area contributed by atoms with Crippen molar-refractivity contribution >= 4 is 23.2 Å². The summed E-state index contributed by atoms with van der Waals surface area (Å²) in [6.07, 6.45) is 3.81. The van der Waals surface area contributed by atoms with E-state index in [1.807, 2.05) is 45.0 Å². The highest BCUT2D eigenvalue weighted by molar-refractivity contribution is 6.15. The first-order chi connectivity index (χ1) is 16.2. The average Bonchev–Trinajstić information content (AvgIpc) is 3.62. The average molecular weight is 472 g/mol. The number of benzodiazepines with no additional fused rings is 1. The van der Waals surface area contributed by atoms with Crippen molar-refractivity contribution in [1.82, 2.24) is 5.32 Å². The highest BCUT2D eigenvalue weighted by atomic mass is 16.3. The minimum absolute atomic E-state index is 0.0386. The van der Waals surface area contributed by atoms with E-state index in [0.717, 1.165) is 42.6 Å². The summed E-state index contributed by atoms with van der Waals surface area (Å²) < 4.78 is 0. The number of amides is 2. The largest absolute Gasteiger partial charge is 0.396 e. The second-order valence-corrected chi connectivity index (χ2v) is 10.7. The lowest BCUT2D eigenvalue weighted by Crippen LogP contribution is -2.50. The summed E-state index contributed by atoms with van der Waals surface area (Å²) in [5.41, 5.74) is 1.98. The number of fused-ring (bicyclic) bond motifs is 1. The first-order valence-corrected chi connectivity index (χ1v) is 12.8. The fourth-order valence-electron chi connectivity index (χ4n) is 4.59. The van der Waals surface area contributed by atoms with E-state index in [9.17, 15) is 19.8 Å². The number of unbranched alkanes of at least 4 members (excludes halogenated alkanes) is 1. The summed E-state index contributed by atoms with van der Waals surface area (Å²) in [7, 11) is 0. The number of anilines is 1. The lowest BCUT2D eigenvalue weighted by Gasteiger charge is -2.27. The Bertz CT molecular complexity index is 888. The third-order valence-electron chi connectivity index (χ3n) is 6.68. The van der Waals surface area contributed by atoms with Crippen molar-refractivity contribution in [2.24, 2.45) is 22.2 Å². The molecule has 1 aliphatic heterocycles. The van der Waals surface area contributed by atoms with Crippen LogP contribution in [0.25, 0.3) is 0 Å². The van der Waals surface area contributed by atoms with Crippen LogP contribution in [0.3, 0.4) is 0 Å². The second kappa shape index (κ2) is 11.5. The Balaban J connectivity index is 1.94. The first-order valence-electron chi connectivity index (χ1n) is 12.8. The predicted octanol–water partition coefficient (Wildman–Crippen LogP) is 3.66. The maximum absolute atomic E-state index is 13.7. The summed E-state index contributed by atoms with van der Waals surface area (Å²) in [5.74, 6) is -0.701. The molecule has 0 spiro atoms. The van der Waals surface area contributed by atoms with E-state index in [1.54, 1.807) is 4.90 Å². The number of benzene rings is 1. The number of carbonyl (C=O) groups excluding carboxylic acids is 2. The van der Waals surface area contributed by atoms with Gasteiger partial charge in [-0.2, -0.15) is 0 Å². The van der Waals surface area contributed by atoms with E-state index in [1.165, 1.54) is 0 Å². The van der Waals surface area contributed by atoms with E-state index >= 15 is 0 Å².